The average Bonchev–Trinajstić information content (AvgIpc) is 4.15. The molecule has 12 heteroatoms. The van der Waals surface area contributed by atoms with Crippen LogP contribution in [0.1, 0.15) is 124 Å². The second-order valence-electron chi connectivity index (χ2n) is 17.6. The second kappa shape index (κ2) is 40.6. The fourth-order valence-corrected chi connectivity index (χ4v) is 6.79. The Hall–Kier alpha value is -4.14. The van der Waals surface area contributed by atoms with Crippen LogP contribution in [0.3, 0.4) is 0 Å². The molecule has 3 atom stereocenters. The van der Waals surface area contributed by atoms with Crippen LogP contribution in [0.2, 0.25) is 0 Å². The third-order valence-corrected chi connectivity index (χ3v) is 10.8. The Kier molecular flexibility index (Phi) is 35.9. The van der Waals surface area contributed by atoms with Gasteiger partial charge in [-0.1, -0.05) is 74.2 Å². The maximum atomic E-state index is 9.15. The van der Waals surface area contributed by atoms with Gasteiger partial charge in [0.05, 0.1) is 64.6 Å². The normalized spacial score (nSPS) is 13.4. The number of rotatable bonds is 36. The van der Waals surface area contributed by atoms with Crippen LogP contribution in [0.15, 0.2) is 97.1 Å². The molecule has 3 unspecified atom stereocenters. The number of benzene rings is 4. The molecule has 4 N–H and O–H groups in total. The number of aliphatic hydroxyl groups excluding tert-OH is 4. The van der Waals surface area contributed by atoms with E-state index in [0.29, 0.717) is 32.5 Å². The van der Waals surface area contributed by atoms with E-state index in [0.717, 1.165) is 181 Å². The zero-order valence-corrected chi connectivity index (χ0v) is 42.3. The summed E-state index contributed by atoms with van der Waals surface area (Å²) in [5.74, 6) is 3.58. The van der Waals surface area contributed by atoms with E-state index in [1.54, 1.807) is 13.8 Å². The standard InChI is InChI=1S/C30H46O6.C24H34O4.C3H6O.B/c1-25(31)23-33-19-7-3-5-9-21-35-29-15-11-27(12-16-29)28-13-17-30(18-14-28)36-22-10-6-4-8-20-34-24-26(2)32;25-17-5-1-3-7-19-27-23-13-9-21(10-14-23)22-11-15-24(16-12-22)28-20-8-4-2-6-18-26;1-3-2-4-3;/h11-18,25-26,31-32H,3-10,19-24H2,1-2H3;9-16,25-26H,1-8,17-20H2;3H,2H2,1H3;. The van der Waals surface area contributed by atoms with Gasteiger partial charge in [0.2, 0.25) is 0 Å². The molecular formula is C57H86BO11. The summed E-state index contributed by atoms with van der Waals surface area (Å²) in [5, 5.41) is 35.8. The molecule has 0 spiro atoms. The molecule has 1 aliphatic heterocycles. The second-order valence-corrected chi connectivity index (χ2v) is 17.6. The van der Waals surface area contributed by atoms with E-state index in [1.165, 1.54) is 0 Å². The Morgan fingerprint density at radius 2 is 0.623 bits per heavy atom. The minimum Gasteiger partial charge on any atom is -0.494 e. The van der Waals surface area contributed by atoms with Crippen LogP contribution in [0.25, 0.3) is 22.3 Å². The molecule has 4 aromatic carbocycles. The Labute approximate surface area is 417 Å². The zero-order valence-electron chi connectivity index (χ0n) is 42.3. The third kappa shape index (κ3) is 32.4. The first-order valence-electron chi connectivity index (χ1n) is 25.5. The van der Waals surface area contributed by atoms with Crippen LogP contribution in [0, 0.1) is 0 Å². The average molecular weight is 958 g/mol. The fourth-order valence-electron chi connectivity index (χ4n) is 6.79. The lowest BCUT2D eigenvalue weighted by molar-refractivity contribution is 0.0444. The van der Waals surface area contributed by atoms with E-state index >= 15 is 0 Å². The van der Waals surface area contributed by atoms with Crippen molar-refractivity contribution in [3.05, 3.63) is 97.1 Å². The highest BCUT2D eigenvalue weighted by molar-refractivity contribution is 5.75. The molecule has 0 saturated carbocycles. The molecule has 1 fully saturated rings. The number of ether oxygens (including phenoxy) is 7. The molecule has 0 aromatic heterocycles. The predicted octanol–water partition coefficient (Wildman–Crippen LogP) is 11.3. The van der Waals surface area contributed by atoms with Crippen LogP contribution < -0.4 is 18.9 Å². The first-order chi connectivity index (χ1) is 33.3. The molecule has 383 valence electrons. The molecule has 0 aliphatic carbocycles. The van der Waals surface area contributed by atoms with Crippen molar-refractivity contribution in [2.75, 3.05) is 72.7 Å². The first-order valence-corrected chi connectivity index (χ1v) is 25.5. The lowest BCUT2D eigenvalue weighted by Crippen LogP contribution is -2.10. The van der Waals surface area contributed by atoms with E-state index < -0.39 is 0 Å². The van der Waals surface area contributed by atoms with Gasteiger partial charge in [0.1, 0.15) is 23.0 Å². The van der Waals surface area contributed by atoms with Gasteiger partial charge < -0.3 is 53.6 Å². The van der Waals surface area contributed by atoms with Crippen LogP contribution in [-0.2, 0) is 14.2 Å². The van der Waals surface area contributed by atoms with Gasteiger partial charge in [-0.25, -0.2) is 0 Å². The van der Waals surface area contributed by atoms with Gasteiger partial charge in [-0.05, 0) is 169 Å². The van der Waals surface area contributed by atoms with Crippen molar-refractivity contribution in [3.8, 4) is 45.3 Å². The molecule has 0 amide bonds. The molecule has 5 rings (SSSR count). The Balaban J connectivity index is 0.000000441. The number of hydrogen-bond donors (Lipinski definition) is 4. The topological polar surface area (TPSA) is 149 Å². The van der Waals surface area contributed by atoms with Crippen molar-refractivity contribution in [2.45, 2.75) is 142 Å². The van der Waals surface area contributed by atoms with Gasteiger partial charge in [-0.15, -0.1) is 0 Å². The van der Waals surface area contributed by atoms with Gasteiger partial charge >= 0.3 is 0 Å². The van der Waals surface area contributed by atoms with Gasteiger partial charge in [0.25, 0.3) is 0 Å². The van der Waals surface area contributed by atoms with Crippen molar-refractivity contribution in [3.63, 3.8) is 0 Å². The van der Waals surface area contributed by atoms with Crippen molar-refractivity contribution >= 4 is 8.41 Å². The molecule has 3 radical (unpaired) electrons. The highest BCUT2D eigenvalue weighted by Crippen LogP contribution is 2.27. The van der Waals surface area contributed by atoms with Crippen molar-refractivity contribution in [2.24, 2.45) is 0 Å². The summed E-state index contributed by atoms with van der Waals surface area (Å²) in [6, 6.07) is 32.9. The summed E-state index contributed by atoms with van der Waals surface area (Å²) >= 11 is 0. The zero-order chi connectivity index (χ0) is 48.7. The first kappa shape index (κ1) is 61.0. The fraction of sp³-hybridized carbons (Fsp3) is 0.579. The van der Waals surface area contributed by atoms with E-state index in [9.17, 15) is 0 Å². The molecule has 11 nitrogen and oxygen atoms in total. The minimum absolute atomic E-state index is 0. The van der Waals surface area contributed by atoms with Gasteiger partial charge in [-0.2, -0.15) is 0 Å². The molecule has 69 heavy (non-hydrogen) atoms. The van der Waals surface area contributed by atoms with Crippen molar-refractivity contribution in [1.82, 2.24) is 0 Å². The maximum Gasteiger partial charge on any atom is 0.119 e. The summed E-state index contributed by atoms with van der Waals surface area (Å²) in [7, 11) is 0. The molecule has 0 bridgehead atoms. The molecular weight excluding hydrogens is 871 g/mol. The van der Waals surface area contributed by atoms with Crippen LogP contribution in [0.5, 0.6) is 23.0 Å². The molecule has 1 saturated heterocycles. The number of epoxide rings is 1. The summed E-state index contributed by atoms with van der Waals surface area (Å²) in [4.78, 5) is 0. The Bertz CT molecular complexity index is 1610. The molecule has 1 aliphatic rings. The van der Waals surface area contributed by atoms with E-state index in [-0.39, 0.29) is 33.8 Å². The Morgan fingerprint density at radius 1 is 0.406 bits per heavy atom. The highest BCUT2D eigenvalue weighted by atomic mass is 16.6. The quantitative estimate of drug-likeness (QED) is 0.0196. The number of hydrogen-bond acceptors (Lipinski definition) is 11. The Morgan fingerprint density at radius 3 is 0.826 bits per heavy atom. The van der Waals surface area contributed by atoms with Gasteiger partial charge in [-0.3, -0.25) is 0 Å². The molecule has 4 aromatic rings. The SMILES string of the molecule is CC(O)COCCCCCCOc1ccc(-c2ccc(OCCCCCCOCC(C)O)cc2)cc1.CC1CO1.OCCCCCCOc1ccc(-c2ccc(OCCCCCCO)cc2)cc1.[B]. The van der Waals surface area contributed by atoms with Crippen LogP contribution >= 0.6 is 0 Å². The lowest BCUT2D eigenvalue weighted by atomic mass is 10.1. The maximum absolute atomic E-state index is 9.15. The summed E-state index contributed by atoms with van der Waals surface area (Å²) in [6.07, 6.45) is 16.5. The monoisotopic (exact) mass is 958 g/mol. The van der Waals surface area contributed by atoms with E-state index in [2.05, 4.69) is 55.5 Å². The molecule has 1 heterocycles. The summed E-state index contributed by atoms with van der Waals surface area (Å²) < 4.78 is 38.8. The van der Waals surface area contributed by atoms with Gasteiger partial charge in [0.15, 0.2) is 0 Å². The number of unbranched alkanes of at least 4 members (excludes halogenated alkanes) is 12. The van der Waals surface area contributed by atoms with Crippen LogP contribution in [0.4, 0.5) is 0 Å². The van der Waals surface area contributed by atoms with Crippen LogP contribution in [-0.4, -0.2) is 120 Å². The third-order valence-electron chi connectivity index (χ3n) is 10.8. The summed E-state index contributed by atoms with van der Waals surface area (Å²) in [6.45, 7) is 12.2. The number of aliphatic hydroxyl groups is 4. The van der Waals surface area contributed by atoms with E-state index in [4.69, 9.17) is 53.6 Å². The largest absolute Gasteiger partial charge is 0.494 e. The summed E-state index contributed by atoms with van der Waals surface area (Å²) in [5.41, 5.74) is 4.63. The predicted molar refractivity (Wildman–Crippen MR) is 280 cm³/mol. The van der Waals surface area contributed by atoms with Crippen molar-refractivity contribution in [1.29, 1.82) is 0 Å². The lowest BCUT2D eigenvalue weighted by Gasteiger charge is -2.09. The highest BCUT2D eigenvalue weighted by Gasteiger charge is 2.13. The van der Waals surface area contributed by atoms with Crippen molar-refractivity contribution < 1.29 is 53.6 Å². The minimum atomic E-state index is -0.386. The van der Waals surface area contributed by atoms with Gasteiger partial charge in [0, 0.05) is 34.8 Å². The smallest absolute Gasteiger partial charge is 0.119 e. The van der Waals surface area contributed by atoms with E-state index in [1.807, 2.05) is 48.5 Å².